The smallest absolute Gasteiger partial charge is 0.0958 e. The van der Waals surface area contributed by atoms with E-state index in [0.29, 0.717) is 5.02 Å². The Labute approximate surface area is 165 Å². The van der Waals surface area contributed by atoms with Crippen molar-refractivity contribution in [2.75, 3.05) is 6.54 Å². The van der Waals surface area contributed by atoms with Gasteiger partial charge in [-0.25, -0.2) is 9.97 Å². The summed E-state index contributed by atoms with van der Waals surface area (Å²) < 4.78 is 4.17. The molecule has 0 saturated carbocycles. The summed E-state index contributed by atoms with van der Waals surface area (Å²) in [7, 11) is 1.98. The van der Waals surface area contributed by atoms with Crippen molar-refractivity contribution in [3.63, 3.8) is 0 Å². The molecule has 3 heterocycles. The van der Waals surface area contributed by atoms with E-state index >= 15 is 0 Å². The summed E-state index contributed by atoms with van der Waals surface area (Å²) >= 11 is 6.31. The average Bonchev–Trinajstić information content (AvgIpc) is 3.22. The van der Waals surface area contributed by atoms with E-state index in [1.54, 1.807) is 6.33 Å². The highest BCUT2D eigenvalue weighted by Gasteiger charge is 2.22. The Morgan fingerprint density at radius 2 is 2.19 bits per heavy atom. The molecule has 2 aromatic heterocycles. The fourth-order valence-electron chi connectivity index (χ4n) is 3.87. The molecule has 2 N–H and O–H groups in total. The molecule has 0 unspecified atom stereocenters. The molecule has 0 aliphatic carbocycles. The molecule has 1 saturated heterocycles. The second kappa shape index (κ2) is 8.42. The van der Waals surface area contributed by atoms with Gasteiger partial charge in [0.25, 0.3) is 0 Å². The lowest BCUT2D eigenvalue weighted by atomic mass is 9.97. The molecule has 27 heavy (non-hydrogen) atoms. The molecule has 1 aliphatic rings. The Morgan fingerprint density at radius 1 is 1.33 bits per heavy atom. The van der Waals surface area contributed by atoms with Gasteiger partial charge in [0.15, 0.2) is 0 Å². The van der Waals surface area contributed by atoms with E-state index in [1.165, 1.54) is 0 Å². The van der Waals surface area contributed by atoms with Gasteiger partial charge in [-0.1, -0.05) is 19.0 Å². The van der Waals surface area contributed by atoms with Crippen LogP contribution in [0.5, 0.6) is 0 Å². The van der Waals surface area contributed by atoms with Crippen molar-refractivity contribution in [2.24, 2.45) is 7.05 Å². The van der Waals surface area contributed by atoms with E-state index in [1.807, 2.05) is 36.3 Å². The largest absolute Gasteiger partial charge is 0.392 e. The van der Waals surface area contributed by atoms with Crippen molar-refractivity contribution in [1.82, 2.24) is 24.4 Å². The maximum atomic E-state index is 10.1. The predicted molar refractivity (Wildman–Crippen MR) is 110 cm³/mol. The number of nitrogens with one attached hydrogen (secondary N) is 1. The van der Waals surface area contributed by atoms with Gasteiger partial charge in [-0.05, 0) is 44.4 Å². The highest BCUT2D eigenvalue weighted by molar-refractivity contribution is 6.31. The predicted octanol–water partition coefficient (Wildman–Crippen LogP) is 3.62. The molecule has 0 radical (unpaired) electrons. The number of aromatic nitrogens is 4. The minimum absolute atomic E-state index is 0. The minimum atomic E-state index is -0.230. The average molecular weight is 390 g/mol. The van der Waals surface area contributed by atoms with E-state index in [4.69, 9.17) is 11.6 Å². The molecule has 7 heteroatoms. The number of nitrogens with zero attached hydrogens (tertiary/aromatic N) is 4. The third-order valence-electron chi connectivity index (χ3n) is 5.23. The first-order valence-corrected chi connectivity index (χ1v) is 9.54. The van der Waals surface area contributed by atoms with Gasteiger partial charge in [-0.15, -0.1) is 0 Å². The van der Waals surface area contributed by atoms with Gasteiger partial charge in [0.2, 0.25) is 0 Å². The maximum absolute atomic E-state index is 10.1. The van der Waals surface area contributed by atoms with Crippen LogP contribution in [0.2, 0.25) is 5.02 Å². The topological polar surface area (TPSA) is 67.9 Å². The van der Waals surface area contributed by atoms with Crippen LogP contribution in [0, 0.1) is 0 Å². The first kappa shape index (κ1) is 19.9. The number of piperidine rings is 1. The van der Waals surface area contributed by atoms with Crippen molar-refractivity contribution >= 4 is 22.6 Å². The molecule has 0 amide bonds. The zero-order valence-electron chi connectivity index (χ0n) is 14.9. The van der Waals surface area contributed by atoms with Gasteiger partial charge in [0, 0.05) is 30.2 Å². The summed E-state index contributed by atoms with van der Waals surface area (Å²) in [4.78, 5) is 8.78. The first-order valence-electron chi connectivity index (χ1n) is 9.16. The number of imidazole rings is 2. The highest BCUT2D eigenvalue weighted by Crippen LogP contribution is 2.31. The third-order valence-corrected chi connectivity index (χ3v) is 5.45. The van der Waals surface area contributed by atoms with Gasteiger partial charge in [-0.3, -0.25) is 0 Å². The number of benzene rings is 1. The van der Waals surface area contributed by atoms with Crippen molar-refractivity contribution in [2.45, 2.75) is 51.8 Å². The van der Waals surface area contributed by atoms with Crippen LogP contribution in [0.25, 0.3) is 22.3 Å². The summed E-state index contributed by atoms with van der Waals surface area (Å²) in [6.07, 6.45) is 9.18. The van der Waals surface area contributed by atoms with Crippen LogP contribution in [0.3, 0.4) is 0 Å². The SMILES string of the molecule is C.Cn1cncc1-c1cc(Cl)cc2ncn(CCC[C@H]3NCCC[C@@H]3O)c12. The normalized spacial score (nSPS) is 20.0. The molecule has 4 rings (SSSR count). The van der Waals surface area contributed by atoms with Crippen LogP contribution in [0.4, 0.5) is 0 Å². The van der Waals surface area contributed by atoms with Gasteiger partial charge in [0.1, 0.15) is 0 Å². The zero-order valence-corrected chi connectivity index (χ0v) is 15.7. The van der Waals surface area contributed by atoms with E-state index in [-0.39, 0.29) is 19.6 Å². The summed E-state index contributed by atoms with van der Waals surface area (Å²) in [6, 6.07) is 4.08. The molecular weight excluding hydrogens is 362 g/mol. The zero-order chi connectivity index (χ0) is 18.1. The first-order chi connectivity index (χ1) is 12.6. The second-order valence-electron chi connectivity index (χ2n) is 7.06. The summed E-state index contributed by atoms with van der Waals surface area (Å²) in [5.74, 6) is 0. The Bertz CT molecular complexity index is 903. The molecular formula is C20H28ClN5O. The summed E-state index contributed by atoms with van der Waals surface area (Å²) in [5, 5.41) is 14.2. The molecule has 3 aromatic rings. The lowest BCUT2D eigenvalue weighted by Gasteiger charge is -2.29. The maximum Gasteiger partial charge on any atom is 0.0958 e. The summed E-state index contributed by atoms with van der Waals surface area (Å²) in [6.45, 7) is 1.85. The Balaban J connectivity index is 0.00000210. The van der Waals surface area contributed by atoms with Crippen LogP contribution in [0.15, 0.2) is 31.0 Å². The molecule has 146 valence electrons. The van der Waals surface area contributed by atoms with Crippen molar-refractivity contribution in [3.8, 4) is 11.3 Å². The number of aliphatic hydroxyl groups is 1. The fraction of sp³-hybridized carbons (Fsp3) is 0.500. The van der Waals surface area contributed by atoms with E-state index in [0.717, 1.165) is 61.1 Å². The van der Waals surface area contributed by atoms with E-state index in [9.17, 15) is 5.11 Å². The van der Waals surface area contributed by atoms with Crippen molar-refractivity contribution < 1.29 is 5.11 Å². The van der Waals surface area contributed by atoms with Gasteiger partial charge in [0.05, 0.1) is 41.7 Å². The lowest BCUT2D eigenvalue weighted by Crippen LogP contribution is -2.44. The Morgan fingerprint density at radius 3 is 2.93 bits per heavy atom. The molecule has 1 aromatic carbocycles. The Hall–Kier alpha value is -1.89. The molecule has 6 nitrogen and oxygen atoms in total. The third kappa shape index (κ3) is 4.03. The fourth-order valence-corrected chi connectivity index (χ4v) is 4.08. The lowest BCUT2D eigenvalue weighted by molar-refractivity contribution is 0.0909. The number of hydrogen-bond donors (Lipinski definition) is 2. The number of hydrogen-bond acceptors (Lipinski definition) is 4. The van der Waals surface area contributed by atoms with Crippen LogP contribution < -0.4 is 5.32 Å². The van der Waals surface area contributed by atoms with Crippen LogP contribution in [-0.4, -0.2) is 42.9 Å². The number of aliphatic hydroxyl groups excluding tert-OH is 1. The highest BCUT2D eigenvalue weighted by atomic mass is 35.5. The molecule has 0 spiro atoms. The van der Waals surface area contributed by atoms with E-state index in [2.05, 4.69) is 19.9 Å². The number of aryl methyl sites for hydroxylation is 2. The number of rotatable bonds is 5. The van der Waals surface area contributed by atoms with Crippen LogP contribution >= 0.6 is 11.6 Å². The Kier molecular flexibility index (Phi) is 6.19. The van der Waals surface area contributed by atoms with Crippen molar-refractivity contribution in [3.05, 3.63) is 36.0 Å². The minimum Gasteiger partial charge on any atom is -0.392 e. The van der Waals surface area contributed by atoms with Gasteiger partial charge >= 0.3 is 0 Å². The molecule has 0 bridgehead atoms. The number of fused-ring (bicyclic) bond motifs is 1. The standard InChI is InChI=1S/C19H24ClN5O.CH4/c1-24-11-21-10-17(24)14-8-13(20)9-16-19(14)25(12-23-16)7-3-4-15-18(26)5-2-6-22-15;/h8-12,15,18,22,26H,2-7H2,1H3;1H4/t15-,18+;/m1./s1. The van der Waals surface area contributed by atoms with Gasteiger partial charge in [-0.2, -0.15) is 0 Å². The monoisotopic (exact) mass is 389 g/mol. The van der Waals surface area contributed by atoms with Gasteiger partial charge < -0.3 is 19.6 Å². The molecule has 1 aliphatic heterocycles. The van der Waals surface area contributed by atoms with Crippen LogP contribution in [0.1, 0.15) is 33.1 Å². The van der Waals surface area contributed by atoms with Crippen LogP contribution in [-0.2, 0) is 13.6 Å². The van der Waals surface area contributed by atoms with E-state index < -0.39 is 0 Å². The molecule has 2 atom stereocenters. The summed E-state index contributed by atoms with van der Waals surface area (Å²) in [5.41, 5.74) is 4.03. The van der Waals surface area contributed by atoms with Crippen molar-refractivity contribution in [1.29, 1.82) is 0 Å². The second-order valence-corrected chi connectivity index (χ2v) is 7.50. The number of halogens is 1. The quantitative estimate of drug-likeness (QED) is 0.699. The molecule has 1 fully saturated rings.